The van der Waals surface area contributed by atoms with Gasteiger partial charge in [-0.3, -0.25) is 0 Å². The maximum absolute atomic E-state index is 3.06. The third-order valence-electron chi connectivity index (χ3n) is 1.67. The maximum atomic E-state index is 3.06. The van der Waals surface area contributed by atoms with E-state index in [1.807, 2.05) is 38.4 Å². The van der Waals surface area contributed by atoms with Gasteiger partial charge in [0, 0.05) is 18.3 Å². The molecule has 2 nitrogen and oxygen atoms in total. The van der Waals surface area contributed by atoms with Crippen molar-refractivity contribution in [3.8, 4) is 11.8 Å². The van der Waals surface area contributed by atoms with E-state index in [9.17, 15) is 0 Å². The van der Waals surface area contributed by atoms with Gasteiger partial charge in [-0.2, -0.15) is 0 Å². The molecule has 1 aromatic rings. The predicted octanol–water partition coefficient (Wildman–Crippen LogP) is 1.30. The summed E-state index contributed by atoms with van der Waals surface area (Å²) in [5.74, 6) is 6.06. The summed E-state index contributed by atoms with van der Waals surface area (Å²) in [6, 6.07) is 8.05. The summed E-state index contributed by atoms with van der Waals surface area (Å²) < 4.78 is 0. The highest BCUT2D eigenvalue weighted by Crippen LogP contribution is 2.06. The zero-order chi connectivity index (χ0) is 9.52. The van der Waals surface area contributed by atoms with Crippen LogP contribution in [0.5, 0.6) is 0 Å². The second kappa shape index (κ2) is 5.23. The molecule has 1 aromatic carbocycles. The van der Waals surface area contributed by atoms with Crippen molar-refractivity contribution in [1.82, 2.24) is 5.32 Å². The first-order chi connectivity index (χ1) is 6.36. The second-order valence-electron chi connectivity index (χ2n) is 2.66. The largest absolute Gasteiger partial charge is 0.388 e. The Labute approximate surface area is 79.4 Å². The molecule has 0 aliphatic heterocycles. The highest BCUT2D eigenvalue weighted by molar-refractivity contribution is 5.47. The summed E-state index contributed by atoms with van der Waals surface area (Å²) in [5.41, 5.74) is 2.16. The number of anilines is 1. The van der Waals surface area contributed by atoms with E-state index < -0.39 is 0 Å². The lowest BCUT2D eigenvalue weighted by atomic mass is 10.2. The van der Waals surface area contributed by atoms with Crippen LogP contribution < -0.4 is 10.6 Å². The van der Waals surface area contributed by atoms with Crippen molar-refractivity contribution >= 4 is 5.69 Å². The van der Waals surface area contributed by atoms with E-state index in [1.54, 1.807) is 0 Å². The van der Waals surface area contributed by atoms with Crippen molar-refractivity contribution < 1.29 is 0 Å². The molecule has 0 radical (unpaired) electrons. The summed E-state index contributed by atoms with van der Waals surface area (Å²) in [4.78, 5) is 0. The summed E-state index contributed by atoms with van der Waals surface area (Å²) in [6.07, 6.45) is 0. The average molecular weight is 174 g/mol. The molecule has 0 heterocycles. The molecule has 0 fully saturated rings. The summed E-state index contributed by atoms with van der Waals surface area (Å²) in [6.45, 7) is 0.730. The van der Waals surface area contributed by atoms with Gasteiger partial charge in [0.15, 0.2) is 0 Å². The molecule has 0 bridgehead atoms. The lowest BCUT2D eigenvalue weighted by molar-refractivity contribution is 0.938. The van der Waals surface area contributed by atoms with Gasteiger partial charge in [0.05, 0.1) is 6.54 Å². The van der Waals surface area contributed by atoms with E-state index in [1.165, 1.54) is 0 Å². The van der Waals surface area contributed by atoms with Crippen LogP contribution in [0.3, 0.4) is 0 Å². The molecule has 0 saturated carbocycles. The van der Waals surface area contributed by atoms with Crippen LogP contribution >= 0.6 is 0 Å². The quantitative estimate of drug-likeness (QED) is 0.660. The van der Waals surface area contributed by atoms with Crippen molar-refractivity contribution in [2.75, 3.05) is 26.0 Å². The van der Waals surface area contributed by atoms with Gasteiger partial charge >= 0.3 is 0 Å². The van der Waals surface area contributed by atoms with Gasteiger partial charge in [-0.05, 0) is 31.3 Å². The fraction of sp³-hybridized carbons (Fsp3) is 0.273. The van der Waals surface area contributed by atoms with Gasteiger partial charge in [-0.15, -0.1) is 0 Å². The predicted molar refractivity (Wildman–Crippen MR) is 56.8 cm³/mol. The van der Waals surface area contributed by atoms with Crippen molar-refractivity contribution in [1.29, 1.82) is 0 Å². The Balaban J connectivity index is 2.65. The summed E-state index contributed by atoms with van der Waals surface area (Å²) >= 11 is 0. The summed E-state index contributed by atoms with van der Waals surface area (Å²) in [7, 11) is 3.79. The minimum Gasteiger partial charge on any atom is -0.388 e. The average Bonchev–Trinajstić information content (AvgIpc) is 2.19. The fourth-order valence-corrected chi connectivity index (χ4v) is 0.955. The Morgan fingerprint density at radius 2 is 1.85 bits per heavy atom. The molecule has 0 aliphatic carbocycles. The highest BCUT2D eigenvalue weighted by atomic mass is 14.8. The Kier molecular flexibility index (Phi) is 3.87. The molecular formula is C11H14N2. The first kappa shape index (κ1) is 9.63. The Morgan fingerprint density at radius 3 is 2.38 bits per heavy atom. The normalized spacial score (nSPS) is 8.77. The molecule has 0 spiro atoms. The Hall–Kier alpha value is -1.46. The van der Waals surface area contributed by atoms with Crippen LogP contribution in [0, 0.1) is 11.8 Å². The molecule has 0 atom stereocenters. The lowest BCUT2D eigenvalue weighted by Gasteiger charge is -1.97. The minimum atomic E-state index is 0.730. The van der Waals surface area contributed by atoms with Crippen molar-refractivity contribution in [2.24, 2.45) is 0 Å². The van der Waals surface area contributed by atoms with Crippen LogP contribution in [0.2, 0.25) is 0 Å². The van der Waals surface area contributed by atoms with E-state index >= 15 is 0 Å². The Morgan fingerprint density at radius 1 is 1.15 bits per heavy atom. The number of benzene rings is 1. The highest BCUT2D eigenvalue weighted by Gasteiger charge is 1.87. The zero-order valence-electron chi connectivity index (χ0n) is 8.02. The second-order valence-corrected chi connectivity index (χ2v) is 2.66. The van der Waals surface area contributed by atoms with Crippen molar-refractivity contribution in [3.63, 3.8) is 0 Å². The van der Waals surface area contributed by atoms with Crippen LogP contribution in [0.1, 0.15) is 5.56 Å². The molecule has 0 saturated heterocycles. The molecule has 68 valence electrons. The molecule has 1 rings (SSSR count). The van der Waals surface area contributed by atoms with E-state index in [4.69, 9.17) is 0 Å². The van der Waals surface area contributed by atoms with Gasteiger partial charge in [0.1, 0.15) is 0 Å². The third kappa shape index (κ3) is 3.18. The molecule has 0 aromatic heterocycles. The minimum absolute atomic E-state index is 0.730. The van der Waals surface area contributed by atoms with Gasteiger partial charge in [-0.1, -0.05) is 11.8 Å². The standard InChI is InChI=1S/C11H14N2/c1-12-9-3-4-10-5-7-11(13-2)8-6-10/h5-8,12-13H,9H2,1-2H3. The number of nitrogens with one attached hydrogen (secondary N) is 2. The first-order valence-corrected chi connectivity index (χ1v) is 4.28. The van der Waals surface area contributed by atoms with Gasteiger partial charge < -0.3 is 10.6 Å². The monoisotopic (exact) mass is 174 g/mol. The maximum Gasteiger partial charge on any atom is 0.0577 e. The smallest absolute Gasteiger partial charge is 0.0577 e. The Bertz CT molecular complexity index is 303. The van der Waals surface area contributed by atoms with E-state index in [-0.39, 0.29) is 0 Å². The van der Waals surface area contributed by atoms with Crippen LogP contribution in [0.25, 0.3) is 0 Å². The van der Waals surface area contributed by atoms with Crippen molar-refractivity contribution in [2.45, 2.75) is 0 Å². The molecule has 2 heteroatoms. The van der Waals surface area contributed by atoms with Gasteiger partial charge in [-0.25, -0.2) is 0 Å². The van der Waals surface area contributed by atoms with E-state index in [0.29, 0.717) is 0 Å². The topological polar surface area (TPSA) is 24.1 Å². The van der Waals surface area contributed by atoms with Crippen LogP contribution in [0.15, 0.2) is 24.3 Å². The van der Waals surface area contributed by atoms with E-state index in [0.717, 1.165) is 17.8 Å². The SMILES string of the molecule is CNCC#Cc1ccc(NC)cc1. The molecule has 13 heavy (non-hydrogen) atoms. The number of rotatable bonds is 2. The van der Waals surface area contributed by atoms with Gasteiger partial charge in [0.25, 0.3) is 0 Å². The molecule has 0 amide bonds. The van der Waals surface area contributed by atoms with Crippen molar-refractivity contribution in [3.05, 3.63) is 29.8 Å². The fourth-order valence-electron chi connectivity index (χ4n) is 0.955. The lowest BCUT2D eigenvalue weighted by Crippen LogP contribution is -2.04. The van der Waals surface area contributed by atoms with Crippen LogP contribution in [-0.2, 0) is 0 Å². The molecular weight excluding hydrogens is 160 g/mol. The first-order valence-electron chi connectivity index (χ1n) is 4.28. The van der Waals surface area contributed by atoms with Crippen LogP contribution in [0.4, 0.5) is 5.69 Å². The summed E-state index contributed by atoms with van der Waals surface area (Å²) in [5, 5.41) is 6.04. The number of hydrogen-bond acceptors (Lipinski definition) is 2. The van der Waals surface area contributed by atoms with Gasteiger partial charge in [0.2, 0.25) is 0 Å². The third-order valence-corrected chi connectivity index (χ3v) is 1.67. The molecule has 0 unspecified atom stereocenters. The number of hydrogen-bond donors (Lipinski definition) is 2. The zero-order valence-corrected chi connectivity index (χ0v) is 8.02. The molecule has 2 N–H and O–H groups in total. The van der Waals surface area contributed by atoms with Crippen LogP contribution in [-0.4, -0.2) is 20.6 Å². The van der Waals surface area contributed by atoms with E-state index in [2.05, 4.69) is 22.5 Å². The molecule has 0 aliphatic rings.